The van der Waals surface area contributed by atoms with E-state index >= 15 is 0 Å². The van der Waals surface area contributed by atoms with Crippen LogP contribution < -0.4 is 10.2 Å². The molecule has 2 aromatic heterocycles. The quantitative estimate of drug-likeness (QED) is 0.846. The summed E-state index contributed by atoms with van der Waals surface area (Å²) in [7, 11) is 0. The molecule has 2 aromatic rings. The highest BCUT2D eigenvalue weighted by atomic mass is 35.5. The van der Waals surface area contributed by atoms with E-state index in [4.69, 9.17) is 16.3 Å². The summed E-state index contributed by atoms with van der Waals surface area (Å²) < 4.78 is 5.32. The predicted molar refractivity (Wildman–Crippen MR) is 91.4 cm³/mol. The van der Waals surface area contributed by atoms with Crippen LogP contribution in [0.4, 0.5) is 11.5 Å². The highest BCUT2D eigenvalue weighted by Crippen LogP contribution is 2.23. The third kappa shape index (κ3) is 4.59. The Morgan fingerprint density at radius 2 is 2.04 bits per heavy atom. The van der Waals surface area contributed by atoms with Crippen molar-refractivity contribution in [1.29, 1.82) is 0 Å². The summed E-state index contributed by atoms with van der Waals surface area (Å²) >= 11 is 5.70. The molecule has 0 aromatic carbocycles. The molecule has 3 rings (SSSR count). The fraction of sp³-hybridized carbons (Fsp3) is 0.400. The first-order valence-corrected chi connectivity index (χ1v) is 8.04. The fourth-order valence-corrected chi connectivity index (χ4v) is 2.23. The molecule has 0 unspecified atom stereocenters. The number of carbonyl (C=O) groups excluding carboxylic acids is 1. The maximum absolute atomic E-state index is 12.2. The summed E-state index contributed by atoms with van der Waals surface area (Å²) in [5.41, 5.74) is 0.695. The topological polar surface area (TPSA) is 93.1 Å². The number of nitrogens with zero attached hydrogens (tertiary/aromatic N) is 5. The lowest BCUT2D eigenvalue weighted by atomic mass is 10.3. The zero-order chi connectivity index (χ0) is 17.4. The number of nitrogens with one attached hydrogen (secondary N) is 1. The van der Waals surface area contributed by atoms with E-state index in [1.165, 1.54) is 18.6 Å². The number of halogens is 1. The van der Waals surface area contributed by atoms with E-state index in [9.17, 15) is 4.79 Å². The van der Waals surface area contributed by atoms with Gasteiger partial charge in [0.25, 0.3) is 5.91 Å². The fourth-order valence-electron chi connectivity index (χ4n) is 2.09. The SMILES string of the molecule is CC.O=C(Nc1cncnc1N1CCOCC1)c1ccnc(Cl)n1. The van der Waals surface area contributed by atoms with Gasteiger partial charge >= 0.3 is 0 Å². The molecule has 8 nitrogen and oxygen atoms in total. The molecule has 128 valence electrons. The van der Waals surface area contributed by atoms with Gasteiger partial charge in [0.2, 0.25) is 5.28 Å². The second-order valence-electron chi connectivity index (χ2n) is 4.52. The van der Waals surface area contributed by atoms with Gasteiger partial charge in [0, 0.05) is 19.3 Å². The zero-order valence-corrected chi connectivity index (χ0v) is 14.3. The standard InChI is InChI=1S/C13H13ClN6O2.C2H6/c14-13-16-2-1-9(19-13)12(21)18-10-7-15-8-17-11(10)20-3-5-22-6-4-20;1-2/h1-2,7-8H,3-6H2,(H,18,21);1-2H3. The van der Waals surface area contributed by atoms with Crippen LogP contribution in [-0.2, 0) is 4.74 Å². The van der Waals surface area contributed by atoms with Crippen molar-refractivity contribution < 1.29 is 9.53 Å². The molecular weight excluding hydrogens is 332 g/mol. The third-order valence-electron chi connectivity index (χ3n) is 3.11. The Kier molecular flexibility index (Phi) is 6.83. The second kappa shape index (κ2) is 9.09. The highest BCUT2D eigenvalue weighted by molar-refractivity contribution is 6.28. The predicted octanol–water partition coefficient (Wildman–Crippen LogP) is 2.04. The van der Waals surface area contributed by atoms with E-state index in [1.54, 1.807) is 6.20 Å². The van der Waals surface area contributed by atoms with E-state index in [1.807, 2.05) is 18.7 Å². The molecule has 0 atom stereocenters. The van der Waals surface area contributed by atoms with Crippen molar-refractivity contribution in [3.63, 3.8) is 0 Å². The number of amides is 1. The summed E-state index contributed by atoms with van der Waals surface area (Å²) in [5.74, 6) is 0.264. The molecule has 0 bridgehead atoms. The Bertz CT molecular complexity index is 679. The van der Waals surface area contributed by atoms with Gasteiger partial charge in [-0.15, -0.1) is 0 Å². The number of rotatable bonds is 3. The number of hydrogen-bond donors (Lipinski definition) is 1. The van der Waals surface area contributed by atoms with Crippen molar-refractivity contribution in [2.45, 2.75) is 13.8 Å². The number of aromatic nitrogens is 4. The number of morpholine rings is 1. The average Bonchev–Trinajstić information content (AvgIpc) is 2.64. The Morgan fingerprint density at radius 1 is 1.29 bits per heavy atom. The first-order chi connectivity index (χ1) is 11.7. The minimum absolute atomic E-state index is 0.0189. The van der Waals surface area contributed by atoms with Crippen molar-refractivity contribution in [3.05, 3.63) is 35.8 Å². The van der Waals surface area contributed by atoms with Gasteiger partial charge in [0.1, 0.15) is 17.7 Å². The number of anilines is 2. The van der Waals surface area contributed by atoms with Gasteiger partial charge in [-0.2, -0.15) is 0 Å². The first-order valence-electron chi connectivity index (χ1n) is 7.66. The molecule has 1 amide bonds. The Labute approximate surface area is 145 Å². The van der Waals surface area contributed by atoms with Crippen LogP contribution in [-0.4, -0.2) is 52.1 Å². The maximum atomic E-state index is 12.2. The summed E-state index contributed by atoms with van der Waals surface area (Å²) in [6, 6.07) is 1.49. The van der Waals surface area contributed by atoms with Gasteiger partial charge < -0.3 is 15.0 Å². The Morgan fingerprint density at radius 3 is 2.75 bits per heavy atom. The van der Waals surface area contributed by atoms with Gasteiger partial charge in [-0.25, -0.2) is 19.9 Å². The monoisotopic (exact) mass is 350 g/mol. The molecule has 1 N–H and O–H groups in total. The maximum Gasteiger partial charge on any atom is 0.274 e. The van der Waals surface area contributed by atoms with E-state index in [-0.39, 0.29) is 11.0 Å². The molecule has 0 aliphatic carbocycles. The molecular formula is C15H19ClN6O2. The summed E-state index contributed by atoms with van der Waals surface area (Å²) in [6.07, 6.45) is 4.43. The number of ether oxygens (including phenoxy) is 1. The average molecular weight is 351 g/mol. The van der Waals surface area contributed by atoms with E-state index in [0.717, 1.165) is 0 Å². The van der Waals surface area contributed by atoms with Gasteiger partial charge in [-0.3, -0.25) is 4.79 Å². The van der Waals surface area contributed by atoms with E-state index in [0.29, 0.717) is 37.8 Å². The molecule has 1 aliphatic rings. The lowest BCUT2D eigenvalue weighted by molar-refractivity contribution is 0.102. The van der Waals surface area contributed by atoms with Gasteiger partial charge in [-0.1, -0.05) is 13.8 Å². The van der Waals surface area contributed by atoms with Gasteiger partial charge in [-0.05, 0) is 17.7 Å². The van der Waals surface area contributed by atoms with Crippen LogP contribution in [0.5, 0.6) is 0 Å². The largest absolute Gasteiger partial charge is 0.378 e. The van der Waals surface area contributed by atoms with Crippen LogP contribution in [0.25, 0.3) is 0 Å². The van der Waals surface area contributed by atoms with Crippen molar-refractivity contribution >= 4 is 29.0 Å². The van der Waals surface area contributed by atoms with E-state index in [2.05, 4.69) is 25.3 Å². The lowest BCUT2D eigenvalue weighted by Crippen LogP contribution is -2.37. The molecule has 0 radical (unpaired) electrons. The van der Waals surface area contributed by atoms with Crippen LogP contribution in [0, 0.1) is 0 Å². The van der Waals surface area contributed by atoms with Crippen LogP contribution in [0.1, 0.15) is 24.3 Å². The van der Waals surface area contributed by atoms with Gasteiger partial charge in [0.15, 0.2) is 5.82 Å². The minimum atomic E-state index is -0.395. The van der Waals surface area contributed by atoms with Crippen molar-refractivity contribution in [2.24, 2.45) is 0 Å². The van der Waals surface area contributed by atoms with Crippen LogP contribution >= 0.6 is 11.6 Å². The lowest BCUT2D eigenvalue weighted by Gasteiger charge is -2.29. The highest BCUT2D eigenvalue weighted by Gasteiger charge is 2.18. The molecule has 9 heteroatoms. The van der Waals surface area contributed by atoms with Crippen LogP contribution in [0.15, 0.2) is 24.8 Å². The third-order valence-corrected chi connectivity index (χ3v) is 3.29. The second-order valence-corrected chi connectivity index (χ2v) is 4.86. The van der Waals surface area contributed by atoms with Crippen LogP contribution in [0.2, 0.25) is 5.28 Å². The van der Waals surface area contributed by atoms with Gasteiger partial charge in [0.05, 0.1) is 19.4 Å². The summed E-state index contributed by atoms with van der Waals surface area (Å²) in [6.45, 7) is 6.66. The zero-order valence-electron chi connectivity index (χ0n) is 13.6. The van der Waals surface area contributed by atoms with E-state index < -0.39 is 5.91 Å². The normalized spacial score (nSPS) is 13.7. The Balaban J connectivity index is 0.00000100. The molecule has 1 aliphatic heterocycles. The summed E-state index contributed by atoms with van der Waals surface area (Å²) in [4.78, 5) is 30.1. The Hall–Kier alpha value is -2.32. The van der Waals surface area contributed by atoms with Crippen molar-refractivity contribution in [1.82, 2.24) is 19.9 Å². The van der Waals surface area contributed by atoms with Crippen molar-refractivity contribution in [2.75, 3.05) is 36.5 Å². The summed E-state index contributed by atoms with van der Waals surface area (Å²) in [5, 5.41) is 2.77. The smallest absolute Gasteiger partial charge is 0.274 e. The molecule has 1 saturated heterocycles. The molecule has 0 spiro atoms. The molecule has 3 heterocycles. The molecule has 1 fully saturated rings. The molecule has 24 heavy (non-hydrogen) atoms. The number of carbonyl (C=O) groups is 1. The van der Waals surface area contributed by atoms with Crippen LogP contribution in [0.3, 0.4) is 0 Å². The molecule has 0 saturated carbocycles. The minimum Gasteiger partial charge on any atom is -0.378 e. The number of hydrogen-bond acceptors (Lipinski definition) is 7. The first kappa shape index (κ1) is 18.0. The van der Waals surface area contributed by atoms with Crippen molar-refractivity contribution in [3.8, 4) is 0 Å².